The van der Waals surface area contributed by atoms with E-state index in [0.717, 1.165) is 41.1 Å². The van der Waals surface area contributed by atoms with Gasteiger partial charge in [-0.15, -0.1) is 11.3 Å². The summed E-state index contributed by atoms with van der Waals surface area (Å²) in [5, 5.41) is 13.4. The molecule has 1 aliphatic carbocycles. The first-order chi connectivity index (χ1) is 13.3. The standard InChI is InChI=1S/C23H28N2O2S/c1-23(2,3)16-8-11-18-19(14-24)22(28-20(18)13-16)25-21(26)12-7-15-5-9-17(27-4)10-6-15/h5-6,9-10,16H,7-8,11-13H2,1-4H3,(H,25,26)/t16-/m0/s1. The van der Waals surface area contributed by atoms with E-state index in [1.807, 2.05) is 24.3 Å². The van der Waals surface area contributed by atoms with Gasteiger partial charge in [0.15, 0.2) is 0 Å². The number of anilines is 1. The summed E-state index contributed by atoms with van der Waals surface area (Å²) in [7, 11) is 1.64. The minimum Gasteiger partial charge on any atom is -0.497 e. The third-order valence-corrected chi connectivity index (χ3v) is 6.82. The summed E-state index contributed by atoms with van der Waals surface area (Å²) in [4.78, 5) is 13.7. The maximum absolute atomic E-state index is 12.5. The smallest absolute Gasteiger partial charge is 0.225 e. The number of carbonyl (C=O) groups excluding carboxylic acids is 1. The van der Waals surface area contributed by atoms with Crippen LogP contribution in [0.5, 0.6) is 5.75 Å². The van der Waals surface area contributed by atoms with Crippen molar-refractivity contribution in [1.82, 2.24) is 0 Å². The van der Waals surface area contributed by atoms with Gasteiger partial charge < -0.3 is 10.1 Å². The molecule has 1 aromatic heterocycles. The van der Waals surface area contributed by atoms with Crippen molar-refractivity contribution >= 4 is 22.2 Å². The van der Waals surface area contributed by atoms with E-state index in [-0.39, 0.29) is 11.3 Å². The molecule has 0 aliphatic heterocycles. The lowest BCUT2D eigenvalue weighted by Crippen LogP contribution is -2.26. The van der Waals surface area contributed by atoms with Gasteiger partial charge in [-0.1, -0.05) is 32.9 Å². The van der Waals surface area contributed by atoms with E-state index in [2.05, 4.69) is 32.2 Å². The Bertz CT molecular complexity index is 885. The molecule has 1 amide bonds. The van der Waals surface area contributed by atoms with E-state index in [1.165, 1.54) is 4.88 Å². The van der Waals surface area contributed by atoms with Gasteiger partial charge in [-0.3, -0.25) is 4.79 Å². The van der Waals surface area contributed by atoms with Crippen LogP contribution in [0.3, 0.4) is 0 Å². The molecule has 0 saturated heterocycles. The van der Waals surface area contributed by atoms with Gasteiger partial charge in [0.25, 0.3) is 0 Å². The molecule has 3 rings (SSSR count). The summed E-state index contributed by atoms with van der Waals surface area (Å²) in [5.74, 6) is 1.38. The summed E-state index contributed by atoms with van der Waals surface area (Å²) in [6.45, 7) is 6.84. The van der Waals surface area contributed by atoms with Gasteiger partial charge in [-0.05, 0) is 60.3 Å². The zero-order valence-electron chi connectivity index (χ0n) is 17.1. The van der Waals surface area contributed by atoms with Gasteiger partial charge in [0.05, 0.1) is 12.7 Å². The fourth-order valence-corrected chi connectivity index (χ4v) is 5.06. The number of amides is 1. The van der Waals surface area contributed by atoms with Gasteiger partial charge >= 0.3 is 0 Å². The Morgan fingerprint density at radius 3 is 2.64 bits per heavy atom. The highest BCUT2D eigenvalue weighted by Gasteiger charge is 2.32. The van der Waals surface area contributed by atoms with Crippen molar-refractivity contribution in [2.75, 3.05) is 12.4 Å². The van der Waals surface area contributed by atoms with Crippen LogP contribution in [0.2, 0.25) is 0 Å². The molecule has 2 aromatic rings. The number of nitrogens with zero attached hydrogens (tertiary/aromatic N) is 1. The van der Waals surface area contributed by atoms with E-state index < -0.39 is 0 Å². The fraction of sp³-hybridized carbons (Fsp3) is 0.478. The van der Waals surface area contributed by atoms with Crippen LogP contribution in [0.25, 0.3) is 0 Å². The van der Waals surface area contributed by atoms with Crippen molar-refractivity contribution in [2.24, 2.45) is 11.3 Å². The first-order valence-corrected chi connectivity index (χ1v) is 10.6. The molecular formula is C23H28N2O2S. The largest absolute Gasteiger partial charge is 0.497 e. The van der Waals surface area contributed by atoms with Crippen LogP contribution in [0, 0.1) is 22.7 Å². The predicted octanol–water partition coefficient (Wildman–Crippen LogP) is 5.35. The second-order valence-electron chi connectivity index (χ2n) is 8.52. The third-order valence-electron chi connectivity index (χ3n) is 5.65. The van der Waals surface area contributed by atoms with Crippen LogP contribution >= 0.6 is 11.3 Å². The van der Waals surface area contributed by atoms with E-state index in [9.17, 15) is 10.1 Å². The number of ether oxygens (including phenoxy) is 1. The number of nitrogens with one attached hydrogen (secondary N) is 1. The maximum atomic E-state index is 12.5. The number of fused-ring (bicyclic) bond motifs is 1. The number of methoxy groups -OCH3 is 1. The molecule has 1 aromatic carbocycles. The molecule has 0 radical (unpaired) electrons. The lowest BCUT2D eigenvalue weighted by atomic mass is 9.72. The molecule has 0 bridgehead atoms. The second kappa shape index (κ2) is 8.36. The average Bonchev–Trinajstić information content (AvgIpc) is 3.02. The van der Waals surface area contributed by atoms with Crippen LogP contribution in [0.15, 0.2) is 24.3 Å². The summed E-state index contributed by atoms with van der Waals surface area (Å²) >= 11 is 1.59. The predicted molar refractivity (Wildman–Crippen MR) is 114 cm³/mol. The quantitative estimate of drug-likeness (QED) is 0.741. The molecule has 1 N–H and O–H groups in total. The monoisotopic (exact) mass is 396 g/mol. The van der Waals surface area contributed by atoms with Crippen LogP contribution in [0.1, 0.15) is 55.2 Å². The number of hydrogen-bond donors (Lipinski definition) is 1. The average molecular weight is 397 g/mol. The van der Waals surface area contributed by atoms with Crippen molar-refractivity contribution < 1.29 is 9.53 Å². The molecule has 1 atom stereocenters. The topological polar surface area (TPSA) is 62.1 Å². The van der Waals surface area contributed by atoms with E-state index in [1.54, 1.807) is 18.4 Å². The number of thiophene rings is 1. The number of benzene rings is 1. The van der Waals surface area contributed by atoms with Crippen molar-refractivity contribution in [3.05, 3.63) is 45.8 Å². The second-order valence-corrected chi connectivity index (χ2v) is 9.63. The van der Waals surface area contributed by atoms with Crippen LogP contribution in [-0.2, 0) is 24.1 Å². The summed E-state index contributed by atoms with van der Waals surface area (Å²) in [6.07, 6.45) is 4.09. The van der Waals surface area contributed by atoms with Crippen molar-refractivity contribution in [3.8, 4) is 11.8 Å². The highest BCUT2D eigenvalue weighted by molar-refractivity contribution is 7.16. The molecule has 5 heteroatoms. The first kappa shape index (κ1) is 20.4. The van der Waals surface area contributed by atoms with Crippen LogP contribution in [-0.4, -0.2) is 13.0 Å². The van der Waals surface area contributed by atoms with Crippen molar-refractivity contribution in [1.29, 1.82) is 5.26 Å². The van der Waals surface area contributed by atoms with Crippen LogP contribution in [0.4, 0.5) is 5.00 Å². The van der Waals surface area contributed by atoms with Gasteiger partial charge in [0.2, 0.25) is 5.91 Å². The molecule has 0 fully saturated rings. The van der Waals surface area contributed by atoms with Crippen molar-refractivity contribution in [2.45, 2.75) is 52.9 Å². The first-order valence-electron chi connectivity index (χ1n) is 9.79. The number of rotatable bonds is 5. The zero-order chi connectivity index (χ0) is 20.3. The summed E-state index contributed by atoms with van der Waals surface area (Å²) in [5.41, 5.74) is 3.18. The SMILES string of the molecule is COc1ccc(CCC(=O)Nc2sc3c(c2C#N)CC[C@H](C(C)(C)C)C3)cc1. The van der Waals surface area contributed by atoms with Crippen LogP contribution < -0.4 is 10.1 Å². The van der Waals surface area contributed by atoms with Gasteiger partial charge in [0.1, 0.15) is 16.8 Å². The fourth-order valence-electron chi connectivity index (χ4n) is 3.77. The summed E-state index contributed by atoms with van der Waals surface area (Å²) < 4.78 is 5.16. The minimum atomic E-state index is -0.0433. The third kappa shape index (κ3) is 4.56. The Labute approximate surface area is 171 Å². The minimum absolute atomic E-state index is 0.0433. The molecule has 1 heterocycles. The Morgan fingerprint density at radius 2 is 2.04 bits per heavy atom. The molecule has 28 heavy (non-hydrogen) atoms. The Kier molecular flexibility index (Phi) is 6.10. The molecule has 0 saturated carbocycles. The van der Waals surface area contributed by atoms with Gasteiger partial charge in [-0.25, -0.2) is 0 Å². The lowest BCUT2D eigenvalue weighted by molar-refractivity contribution is -0.116. The zero-order valence-corrected chi connectivity index (χ0v) is 17.9. The number of carbonyl (C=O) groups is 1. The number of aryl methyl sites for hydroxylation is 1. The molecule has 0 spiro atoms. The Morgan fingerprint density at radius 1 is 1.32 bits per heavy atom. The molecule has 4 nitrogen and oxygen atoms in total. The Balaban J connectivity index is 1.66. The molecule has 148 valence electrons. The Hall–Kier alpha value is -2.32. The normalized spacial score (nSPS) is 16.2. The highest BCUT2D eigenvalue weighted by atomic mass is 32.1. The molecule has 1 aliphatic rings. The maximum Gasteiger partial charge on any atom is 0.225 e. The summed E-state index contributed by atoms with van der Waals surface area (Å²) in [6, 6.07) is 10.1. The number of nitriles is 1. The molecule has 0 unspecified atom stereocenters. The highest BCUT2D eigenvalue weighted by Crippen LogP contribution is 2.44. The van der Waals surface area contributed by atoms with E-state index in [4.69, 9.17) is 4.74 Å². The number of hydrogen-bond acceptors (Lipinski definition) is 4. The van der Waals surface area contributed by atoms with Gasteiger partial charge in [-0.2, -0.15) is 5.26 Å². The van der Waals surface area contributed by atoms with Gasteiger partial charge in [0, 0.05) is 11.3 Å². The van der Waals surface area contributed by atoms with E-state index in [0.29, 0.717) is 24.3 Å². The van der Waals surface area contributed by atoms with E-state index >= 15 is 0 Å². The van der Waals surface area contributed by atoms with Crippen molar-refractivity contribution in [3.63, 3.8) is 0 Å². The molecular weight excluding hydrogens is 368 g/mol. The lowest BCUT2D eigenvalue weighted by Gasteiger charge is -2.33.